The molecule has 2 aromatic rings. The minimum atomic E-state index is -0.0873. The largest absolute Gasteiger partial charge is 0.369 e. The molecule has 0 saturated carbocycles. The Hall–Kier alpha value is -3.19. The van der Waals surface area contributed by atoms with Crippen LogP contribution in [0, 0.1) is 0 Å². The summed E-state index contributed by atoms with van der Waals surface area (Å²) in [5.74, 6) is -0.146. The van der Waals surface area contributed by atoms with Gasteiger partial charge in [-0.3, -0.25) is 14.5 Å². The summed E-state index contributed by atoms with van der Waals surface area (Å²) in [5.41, 5.74) is 3.28. The maximum absolute atomic E-state index is 12.4. The Morgan fingerprint density at radius 2 is 1.53 bits per heavy atom. The number of nitrogens with zero attached hydrogens (tertiary/aromatic N) is 4. The molecule has 0 radical (unpaired) electrons. The molecule has 7 nitrogen and oxygen atoms in total. The van der Waals surface area contributed by atoms with Gasteiger partial charge in [0.15, 0.2) is 0 Å². The van der Waals surface area contributed by atoms with Crippen LogP contribution in [0.15, 0.2) is 65.8 Å². The van der Waals surface area contributed by atoms with Crippen LogP contribution in [-0.2, 0) is 9.59 Å². The molecule has 1 N–H and O–H groups in total. The number of hydrogen-bond donors (Lipinski definition) is 1. The van der Waals surface area contributed by atoms with E-state index < -0.39 is 0 Å². The van der Waals surface area contributed by atoms with Crippen molar-refractivity contribution < 1.29 is 9.59 Å². The van der Waals surface area contributed by atoms with Gasteiger partial charge in [0, 0.05) is 57.7 Å². The molecule has 0 spiro atoms. The van der Waals surface area contributed by atoms with Crippen molar-refractivity contribution >= 4 is 23.2 Å². The van der Waals surface area contributed by atoms with Crippen LogP contribution < -0.4 is 10.2 Å². The van der Waals surface area contributed by atoms with Crippen molar-refractivity contribution in [1.29, 1.82) is 0 Å². The van der Waals surface area contributed by atoms with Crippen LogP contribution in [0.3, 0.4) is 0 Å². The number of anilines is 1. The average molecular weight is 462 g/mol. The highest BCUT2D eigenvalue weighted by Gasteiger charge is 2.22. The first-order valence-corrected chi connectivity index (χ1v) is 12.4. The number of amides is 2. The Bertz CT molecular complexity index is 956. The minimum absolute atomic E-state index is 0.0590. The lowest BCUT2D eigenvalue weighted by Crippen LogP contribution is -2.46. The highest BCUT2D eigenvalue weighted by atomic mass is 16.2. The second-order valence-electron chi connectivity index (χ2n) is 8.90. The van der Waals surface area contributed by atoms with Crippen molar-refractivity contribution in [3.05, 3.63) is 66.2 Å². The number of piperazine rings is 1. The molecule has 1 fully saturated rings. The molecule has 4 rings (SSSR count). The summed E-state index contributed by atoms with van der Waals surface area (Å²) in [6, 6.07) is 20.5. The third-order valence-electron chi connectivity index (χ3n) is 6.48. The van der Waals surface area contributed by atoms with E-state index in [1.807, 2.05) is 30.3 Å². The zero-order valence-corrected chi connectivity index (χ0v) is 19.9. The average Bonchev–Trinajstić information content (AvgIpc) is 3.39. The van der Waals surface area contributed by atoms with Gasteiger partial charge in [0.2, 0.25) is 11.8 Å². The van der Waals surface area contributed by atoms with Crippen LogP contribution in [0.2, 0.25) is 0 Å². The normalized spacial score (nSPS) is 16.4. The second-order valence-corrected chi connectivity index (χ2v) is 8.90. The molecule has 2 heterocycles. The third-order valence-corrected chi connectivity index (χ3v) is 6.48. The number of rotatable bonds is 10. The molecule has 180 valence electrons. The Morgan fingerprint density at radius 1 is 0.824 bits per heavy atom. The second kappa shape index (κ2) is 12.3. The van der Waals surface area contributed by atoms with Crippen molar-refractivity contribution in [3.8, 4) is 0 Å². The van der Waals surface area contributed by atoms with Gasteiger partial charge in [0.25, 0.3) is 0 Å². The molecule has 1 saturated heterocycles. The fraction of sp³-hybridized carbons (Fsp3) is 0.444. The Morgan fingerprint density at radius 3 is 2.26 bits per heavy atom. The van der Waals surface area contributed by atoms with E-state index in [0.717, 1.165) is 63.3 Å². The van der Waals surface area contributed by atoms with Crippen LogP contribution in [0.5, 0.6) is 0 Å². The summed E-state index contributed by atoms with van der Waals surface area (Å²) in [5, 5.41) is 8.91. The monoisotopic (exact) mass is 461 g/mol. The lowest BCUT2D eigenvalue weighted by Gasteiger charge is -2.36. The van der Waals surface area contributed by atoms with Crippen LogP contribution in [0.1, 0.15) is 37.7 Å². The van der Waals surface area contributed by atoms with Gasteiger partial charge in [-0.25, -0.2) is 5.01 Å². The Balaban J connectivity index is 1.05. The number of hydrogen-bond acceptors (Lipinski definition) is 5. The highest BCUT2D eigenvalue weighted by molar-refractivity contribution is 6.02. The lowest BCUT2D eigenvalue weighted by atomic mass is 10.1. The van der Waals surface area contributed by atoms with E-state index in [1.54, 1.807) is 0 Å². The van der Waals surface area contributed by atoms with Crippen LogP contribution in [0.4, 0.5) is 5.69 Å². The molecule has 0 unspecified atom stereocenters. The number of unbranched alkanes of at least 4 members (excludes halogenated alkanes) is 1. The summed E-state index contributed by atoms with van der Waals surface area (Å²) in [6.45, 7) is 6.59. The number of carbonyl (C=O) groups excluding carboxylic acids is 2. The van der Waals surface area contributed by atoms with E-state index in [1.165, 1.54) is 10.7 Å². The summed E-state index contributed by atoms with van der Waals surface area (Å²) in [7, 11) is 0. The van der Waals surface area contributed by atoms with Gasteiger partial charge in [-0.15, -0.1) is 0 Å². The number of para-hydroxylation sites is 1. The van der Waals surface area contributed by atoms with E-state index in [0.29, 0.717) is 13.1 Å². The van der Waals surface area contributed by atoms with Gasteiger partial charge >= 0.3 is 0 Å². The van der Waals surface area contributed by atoms with E-state index >= 15 is 0 Å². The Labute approximate surface area is 202 Å². The van der Waals surface area contributed by atoms with Gasteiger partial charge in [-0.2, -0.15) is 5.10 Å². The number of hydrazone groups is 1. The van der Waals surface area contributed by atoms with E-state index in [-0.39, 0.29) is 24.7 Å². The van der Waals surface area contributed by atoms with Gasteiger partial charge in [-0.05, 0) is 37.1 Å². The quantitative estimate of drug-likeness (QED) is 0.552. The summed E-state index contributed by atoms with van der Waals surface area (Å²) < 4.78 is 0. The van der Waals surface area contributed by atoms with Crippen LogP contribution >= 0.6 is 0 Å². The van der Waals surface area contributed by atoms with Crippen molar-refractivity contribution in [2.45, 2.75) is 32.1 Å². The van der Waals surface area contributed by atoms with Crippen LogP contribution in [-0.4, -0.2) is 73.2 Å². The molecular formula is C27H35N5O2. The van der Waals surface area contributed by atoms with Crippen molar-refractivity contribution in [1.82, 2.24) is 15.2 Å². The molecule has 0 atom stereocenters. The van der Waals surface area contributed by atoms with Gasteiger partial charge < -0.3 is 10.2 Å². The van der Waals surface area contributed by atoms with Crippen molar-refractivity contribution in [2.24, 2.45) is 5.10 Å². The number of nitrogens with one attached hydrogen (secondary N) is 1. The fourth-order valence-electron chi connectivity index (χ4n) is 4.47. The predicted molar refractivity (Wildman–Crippen MR) is 136 cm³/mol. The van der Waals surface area contributed by atoms with Gasteiger partial charge in [0.1, 0.15) is 0 Å². The summed E-state index contributed by atoms with van der Waals surface area (Å²) >= 11 is 0. The van der Waals surface area contributed by atoms with Crippen LogP contribution in [0.25, 0.3) is 0 Å². The standard InChI is InChI=1S/C27H35N5O2/c33-26(13-14-27(34)32-18-15-25(29-32)23-9-3-1-4-10-23)28-16-7-8-17-30-19-21-31(22-20-30)24-11-5-2-6-12-24/h1-6,9-12H,7-8,13-22H2,(H,28,33). The topological polar surface area (TPSA) is 68.2 Å². The maximum atomic E-state index is 12.4. The van der Waals surface area contributed by atoms with Crippen molar-refractivity contribution in [2.75, 3.05) is 50.7 Å². The molecule has 0 bridgehead atoms. The molecule has 2 amide bonds. The molecule has 2 aromatic carbocycles. The lowest BCUT2D eigenvalue weighted by molar-refractivity contribution is -0.133. The van der Waals surface area contributed by atoms with E-state index in [9.17, 15) is 9.59 Å². The first-order valence-electron chi connectivity index (χ1n) is 12.4. The molecule has 0 aliphatic carbocycles. The zero-order valence-electron chi connectivity index (χ0n) is 19.9. The zero-order chi connectivity index (χ0) is 23.6. The predicted octanol–water partition coefficient (Wildman–Crippen LogP) is 3.12. The summed E-state index contributed by atoms with van der Waals surface area (Å²) in [6.07, 6.45) is 3.18. The number of carbonyl (C=O) groups is 2. The third kappa shape index (κ3) is 6.90. The molecule has 2 aliphatic rings. The first-order chi connectivity index (χ1) is 16.7. The fourth-order valence-corrected chi connectivity index (χ4v) is 4.47. The highest BCUT2D eigenvalue weighted by Crippen LogP contribution is 2.16. The van der Waals surface area contributed by atoms with E-state index in [4.69, 9.17) is 0 Å². The van der Waals surface area contributed by atoms with Crippen molar-refractivity contribution in [3.63, 3.8) is 0 Å². The smallest absolute Gasteiger partial charge is 0.243 e. The molecule has 0 aromatic heterocycles. The molecular weight excluding hydrogens is 426 g/mol. The maximum Gasteiger partial charge on any atom is 0.243 e. The first kappa shape index (κ1) is 24.0. The molecule has 2 aliphatic heterocycles. The molecule has 34 heavy (non-hydrogen) atoms. The van der Waals surface area contributed by atoms with E-state index in [2.05, 4.69) is 50.5 Å². The minimum Gasteiger partial charge on any atom is -0.369 e. The molecule has 7 heteroatoms. The SMILES string of the molecule is O=C(CCC(=O)N1CCC(c2ccccc2)=N1)NCCCCN1CCN(c2ccccc2)CC1. The Kier molecular flexibility index (Phi) is 8.68. The number of benzene rings is 2. The summed E-state index contributed by atoms with van der Waals surface area (Å²) in [4.78, 5) is 29.5. The van der Waals surface area contributed by atoms with Gasteiger partial charge in [-0.1, -0.05) is 48.5 Å². The van der Waals surface area contributed by atoms with Gasteiger partial charge in [0.05, 0.1) is 12.3 Å².